The predicted octanol–water partition coefficient (Wildman–Crippen LogP) is 3.34. The van der Waals surface area contributed by atoms with E-state index in [9.17, 15) is 4.79 Å². The zero-order valence-corrected chi connectivity index (χ0v) is 19.6. The molecule has 7 atom stereocenters. The van der Waals surface area contributed by atoms with Crippen molar-refractivity contribution in [2.75, 3.05) is 44.7 Å². The van der Waals surface area contributed by atoms with Crippen LogP contribution in [0.15, 0.2) is 24.3 Å². The van der Waals surface area contributed by atoms with Crippen LogP contribution < -0.4 is 9.64 Å². The quantitative estimate of drug-likeness (QED) is 0.529. The van der Waals surface area contributed by atoms with Crippen molar-refractivity contribution < 1.29 is 19.0 Å². The van der Waals surface area contributed by atoms with Crippen molar-refractivity contribution in [3.63, 3.8) is 0 Å². The van der Waals surface area contributed by atoms with Gasteiger partial charge in [0.25, 0.3) is 0 Å². The molecule has 1 aromatic rings. The van der Waals surface area contributed by atoms with Gasteiger partial charge in [0.1, 0.15) is 17.5 Å². The first-order chi connectivity index (χ1) is 15.5. The summed E-state index contributed by atoms with van der Waals surface area (Å²) in [5, 5.41) is 0. The number of rotatable bonds is 4. The fraction of sp³-hybridized carbons (Fsp3) is 0.731. The fourth-order valence-corrected chi connectivity index (χ4v) is 7.60. The molecule has 6 rings (SSSR count). The van der Waals surface area contributed by atoms with Crippen LogP contribution in [0.25, 0.3) is 0 Å². The third kappa shape index (κ3) is 2.95. The predicted molar refractivity (Wildman–Crippen MR) is 122 cm³/mol. The highest BCUT2D eigenvalue weighted by Gasteiger charge is 2.77. The summed E-state index contributed by atoms with van der Waals surface area (Å²) >= 11 is 0. The summed E-state index contributed by atoms with van der Waals surface area (Å²) in [6, 6.07) is 8.23. The summed E-state index contributed by atoms with van der Waals surface area (Å²) in [5.74, 6) is 2.30. The summed E-state index contributed by atoms with van der Waals surface area (Å²) in [7, 11) is 1.73. The highest BCUT2D eigenvalue weighted by Crippen LogP contribution is 2.66. The molecule has 3 heterocycles. The van der Waals surface area contributed by atoms with Crippen molar-refractivity contribution in [3.8, 4) is 5.75 Å². The van der Waals surface area contributed by atoms with Gasteiger partial charge in [0.05, 0.1) is 24.3 Å². The molecule has 0 N–H and O–H groups in total. The van der Waals surface area contributed by atoms with E-state index < -0.39 is 0 Å². The first-order valence-electron chi connectivity index (χ1n) is 12.5. The summed E-state index contributed by atoms with van der Waals surface area (Å²) in [5.41, 5.74) is 0.720. The van der Waals surface area contributed by atoms with Crippen LogP contribution in [0.1, 0.15) is 39.5 Å². The van der Waals surface area contributed by atoms with Crippen molar-refractivity contribution in [3.05, 3.63) is 24.3 Å². The number of carbonyl (C=O) groups excluding carboxylic acids is 1. The Hall–Kier alpha value is -1.79. The van der Waals surface area contributed by atoms with E-state index in [-0.39, 0.29) is 29.2 Å². The van der Waals surface area contributed by atoms with Gasteiger partial charge in [-0.3, -0.25) is 9.69 Å². The number of benzene rings is 1. The molecule has 0 unspecified atom stereocenters. The van der Waals surface area contributed by atoms with E-state index in [0.717, 1.165) is 63.4 Å². The Morgan fingerprint density at radius 1 is 1.09 bits per heavy atom. The molecule has 1 aromatic carbocycles. The van der Waals surface area contributed by atoms with Crippen LogP contribution in [0, 0.1) is 23.7 Å². The number of nitrogens with zero attached hydrogens (tertiary/aromatic N) is 2. The molecule has 2 saturated carbocycles. The van der Waals surface area contributed by atoms with Gasteiger partial charge in [-0.05, 0) is 50.7 Å². The molecule has 0 bridgehead atoms. The molecule has 0 aromatic heterocycles. The highest BCUT2D eigenvalue weighted by molar-refractivity contribution is 5.77. The molecule has 6 nitrogen and oxygen atoms in total. The van der Waals surface area contributed by atoms with Gasteiger partial charge in [-0.2, -0.15) is 0 Å². The van der Waals surface area contributed by atoms with Crippen LogP contribution in [0.3, 0.4) is 0 Å². The number of carbonyl (C=O) groups is 1. The fourth-order valence-electron chi connectivity index (χ4n) is 7.60. The molecule has 6 heteroatoms. The molecule has 0 radical (unpaired) electrons. The Bertz CT molecular complexity index is 900. The Morgan fingerprint density at radius 3 is 2.66 bits per heavy atom. The van der Waals surface area contributed by atoms with Crippen LogP contribution in [-0.2, 0) is 14.3 Å². The standard InChI is InChI=1S/C26H36N2O4/c1-17-8-9-20-18(23(29)31-26(20)19(17)10-11-25(2)24(26)32-25)16-27-12-14-28(15-13-27)21-6-4-5-7-22(21)30-3/h4-7,17-20,24H,8-16H2,1-3H3/t17-,18+,19-,20+,24+,25-,26+/m1/s1. The number of anilines is 1. The maximum Gasteiger partial charge on any atom is 0.311 e. The zero-order valence-electron chi connectivity index (χ0n) is 19.6. The van der Waals surface area contributed by atoms with Crippen LogP contribution in [0.4, 0.5) is 5.69 Å². The molecular weight excluding hydrogens is 404 g/mol. The zero-order chi connectivity index (χ0) is 22.1. The van der Waals surface area contributed by atoms with Gasteiger partial charge in [-0.15, -0.1) is 0 Å². The molecule has 3 aliphatic heterocycles. The van der Waals surface area contributed by atoms with E-state index in [0.29, 0.717) is 17.8 Å². The minimum absolute atomic E-state index is 0.0191. The third-order valence-electron chi connectivity index (χ3n) is 9.34. The monoisotopic (exact) mass is 440 g/mol. The number of ether oxygens (including phenoxy) is 3. The van der Waals surface area contributed by atoms with Crippen molar-refractivity contribution in [2.45, 2.75) is 56.8 Å². The van der Waals surface area contributed by atoms with Crippen LogP contribution in [0.2, 0.25) is 0 Å². The molecule has 174 valence electrons. The van der Waals surface area contributed by atoms with Crippen molar-refractivity contribution in [2.24, 2.45) is 23.7 Å². The molecule has 5 fully saturated rings. The number of fused-ring (bicyclic) bond motifs is 1. The lowest BCUT2D eigenvalue weighted by Crippen LogP contribution is -2.58. The number of hydrogen-bond donors (Lipinski definition) is 0. The maximum absolute atomic E-state index is 13.3. The molecular formula is C26H36N2O4. The summed E-state index contributed by atoms with van der Waals surface area (Å²) < 4.78 is 18.2. The number of epoxide rings is 1. The maximum atomic E-state index is 13.3. The molecule has 1 spiro atoms. The van der Waals surface area contributed by atoms with Crippen molar-refractivity contribution in [1.29, 1.82) is 0 Å². The lowest BCUT2D eigenvalue weighted by atomic mass is 9.55. The normalized spacial score (nSPS) is 43.2. The van der Waals surface area contributed by atoms with E-state index in [4.69, 9.17) is 14.2 Å². The number of esters is 1. The van der Waals surface area contributed by atoms with E-state index >= 15 is 0 Å². The van der Waals surface area contributed by atoms with E-state index in [1.165, 1.54) is 6.42 Å². The number of methoxy groups -OCH3 is 1. The minimum Gasteiger partial charge on any atom is -0.495 e. The van der Waals surface area contributed by atoms with E-state index in [2.05, 4.69) is 35.8 Å². The van der Waals surface area contributed by atoms with Crippen molar-refractivity contribution in [1.82, 2.24) is 4.90 Å². The first-order valence-corrected chi connectivity index (χ1v) is 12.5. The minimum atomic E-state index is -0.369. The Kier molecular flexibility index (Phi) is 4.78. The van der Waals surface area contributed by atoms with Gasteiger partial charge in [0.15, 0.2) is 0 Å². The van der Waals surface area contributed by atoms with Gasteiger partial charge in [-0.1, -0.05) is 19.1 Å². The van der Waals surface area contributed by atoms with Gasteiger partial charge < -0.3 is 19.1 Å². The summed E-state index contributed by atoms with van der Waals surface area (Å²) in [4.78, 5) is 18.1. The molecule has 32 heavy (non-hydrogen) atoms. The second-order valence-corrected chi connectivity index (χ2v) is 11.0. The Morgan fingerprint density at radius 2 is 1.88 bits per heavy atom. The topological polar surface area (TPSA) is 54.5 Å². The third-order valence-corrected chi connectivity index (χ3v) is 9.34. The lowest BCUT2D eigenvalue weighted by Gasteiger charge is -2.50. The van der Waals surface area contributed by atoms with E-state index in [1.807, 2.05) is 12.1 Å². The summed E-state index contributed by atoms with van der Waals surface area (Å²) in [6.45, 7) is 9.19. The first kappa shape index (κ1) is 20.8. The molecule has 5 aliphatic rings. The van der Waals surface area contributed by atoms with Crippen LogP contribution in [-0.4, -0.2) is 68.0 Å². The number of hydrogen-bond acceptors (Lipinski definition) is 6. The average Bonchev–Trinajstić information content (AvgIpc) is 3.44. The largest absolute Gasteiger partial charge is 0.495 e. The average molecular weight is 441 g/mol. The SMILES string of the molecule is COc1ccccc1N1CCN(C[C@@H]2C(=O)O[C@]34[C@H](CC[C@@]5(C)O[C@H]35)[C@H](C)CC[C@@H]24)CC1. The second-order valence-electron chi connectivity index (χ2n) is 11.0. The van der Waals surface area contributed by atoms with E-state index in [1.54, 1.807) is 7.11 Å². The summed E-state index contributed by atoms with van der Waals surface area (Å²) in [6.07, 6.45) is 4.63. The second kappa shape index (κ2) is 7.36. The van der Waals surface area contributed by atoms with Crippen LogP contribution in [0.5, 0.6) is 5.75 Å². The Balaban J connectivity index is 1.17. The lowest BCUT2D eigenvalue weighted by molar-refractivity contribution is -0.168. The van der Waals surface area contributed by atoms with Gasteiger partial charge >= 0.3 is 5.97 Å². The van der Waals surface area contributed by atoms with Crippen molar-refractivity contribution >= 4 is 11.7 Å². The van der Waals surface area contributed by atoms with Gasteiger partial charge in [0, 0.05) is 44.6 Å². The van der Waals surface area contributed by atoms with Gasteiger partial charge in [-0.25, -0.2) is 0 Å². The smallest absolute Gasteiger partial charge is 0.311 e. The molecule has 0 amide bonds. The van der Waals surface area contributed by atoms with Crippen LogP contribution >= 0.6 is 0 Å². The highest BCUT2D eigenvalue weighted by atomic mass is 16.7. The molecule has 3 saturated heterocycles. The van der Waals surface area contributed by atoms with Gasteiger partial charge in [0.2, 0.25) is 0 Å². The number of para-hydroxylation sites is 2. The number of piperazine rings is 1. The molecule has 2 aliphatic carbocycles. The Labute approximate surface area is 191 Å².